The molecule has 0 aliphatic heterocycles. The van der Waals surface area contributed by atoms with Gasteiger partial charge in [-0.25, -0.2) is 0 Å². The van der Waals surface area contributed by atoms with Crippen LogP contribution in [0, 0.1) is 4.91 Å². The summed E-state index contributed by atoms with van der Waals surface area (Å²) in [4.78, 5) is 19.2. The Balaban J connectivity index is 3.35. The van der Waals surface area contributed by atoms with Gasteiger partial charge in [-0.1, -0.05) is 5.18 Å². The Bertz CT molecular complexity index is 83.4. The molecule has 4 nitrogen and oxygen atoms in total. The first kappa shape index (κ1) is 7.23. The fraction of sp³-hybridized carbons (Fsp3) is 0.750. The molecule has 0 rings (SSSR count). The number of aliphatic hydroxyl groups is 1. The van der Waals surface area contributed by atoms with E-state index in [9.17, 15) is 9.70 Å². The van der Waals surface area contributed by atoms with E-state index in [1.807, 2.05) is 0 Å². The number of hydrogen-bond donors (Lipinski definition) is 1. The first-order valence-electron chi connectivity index (χ1n) is 2.22. The number of nitroso groups, excluding NO2 is 1. The van der Waals surface area contributed by atoms with E-state index in [1.165, 1.54) is 0 Å². The Morgan fingerprint density at radius 2 is 2.38 bits per heavy atom. The molecular formula is C4H7NO3. The molecule has 1 N–H and O–H groups in total. The van der Waals surface area contributed by atoms with Crippen LogP contribution in [0.1, 0.15) is 6.42 Å². The molecule has 0 saturated heterocycles. The van der Waals surface area contributed by atoms with E-state index in [0.29, 0.717) is 6.29 Å². The second-order valence-corrected chi connectivity index (χ2v) is 1.34. The molecule has 0 aromatic heterocycles. The molecule has 0 spiro atoms. The molecule has 0 fully saturated rings. The summed E-state index contributed by atoms with van der Waals surface area (Å²) in [7, 11) is 0. The number of hydrogen-bond acceptors (Lipinski definition) is 4. The number of nitrogens with zero attached hydrogens (tertiary/aromatic N) is 1. The molecule has 0 heterocycles. The van der Waals surface area contributed by atoms with E-state index in [-0.39, 0.29) is 13.0 Å². The average Bonchev–Trinajstić information content (AvgIpc) is 1.83. The van der Waals surface area contributed by atoms with Crippen molar-refractivity contribution in [1.82, 2.24) is 0 Å². The Hall–Kier alpha value is -0.770. The fourth-order valence-electron chi connectivity index (χ4n) is 0.262. The smallest absolute Gasteiger partial charge is 0.122 e. The zero-order valence-electron chi connectivity index (χ0n) is 4.28. The quantitative estimate of drug-likeness (QED) is 0.406. The topological polar surface area (TPSA) is 66.7 Å². The fourth-order valence-corrected chi connectivity index (χ4v) is 0.262. The van der Waals surface area contributed by atoms with Gasteiger partial charge in [0.05, 0.1) is 6.61 Å². The van der Waals surface area contributed by atoms with Crippen molar-refractivity contribution in [2.75, 3.05) is 6.61 Å². The van der Waals surface area contributed by atoms with Gasteiger partial charge in [0, 0.05) is 6.42 Å². The van der Waals surface area contributed by atoms with Gasteiger partial charge in [-0.3, -0.25) is 0 Å². The van der Waals surface area contributed by atoms with E-state index in [0.717, 1.165) is 0 Å². The van der Waals surface area contributed by atoms with Crippen LogP contribution < -0.4 is 0 Å². The standard InChI is InChI=1S/C4H7NO3/c6-2-1-4(3-7)5-8/h2,4,7H,1,3H2. The van der Waals surface area contributed by atoms with Crippen molar-refractivity contribution in [1.29, 1.82) is 0 Å². The highest BCUT2D eigenvalue weighted by Crippen LogP contribution is 1.90. The molecule has 0 bridgehead atoms. The first-order chi connectivity index (χ1) is 3.85. The van der Waals surface area contributed by atoms with Crippen LogP contribution in [-0.4, -0.2) is 24.0 Å². The number of aliphatic hydroxyl groups excluding tert-OH is 1. The minimum Gasteiger partial charge on any atom is -0.394 e. The molecule has 0 saturated carbocycles. The Morgan fingerprint density at radius 3 is 2.50 bits per heavy atom. The molecule has 1 atom stereocenters. The summed E-state index contributed by atoms with van der Waals surface area (Å²) in [6.07, 6.45) is 0.572. The van der Waals surface area contributed by atoms with Gasteiger partial charge in [0.15, 0.2) is 0 Å². The molecule has 0 amide bonds. The highest BCUT2D eigenvalue weighted by atomic mass is 16.3. The van der Waals surface area contributed by atoms with E-state index in [2.05, 4.69) is 5.18 Å². The normalized spacial score (nSPS) is 12.6. The molecule has 1 unspecified atom stereocenters. The summed E-state index contributed by atoms with van der Waals surface area (Å²) in [6.45, 7) is -0.345. The van der Waals surface area contributed by atoms with Gasteiger partial charge in [-0.05, 0) is 0 Å². The molecule has 8 heavy (non-hydrogen) atoms. The monoisotopic (exact) mass is 117 g/mol. The number of aldehydes is 1. The van der Waals surface area contributed by atoms with Crippen LogP contribution in [0.25, 0.3) is 0 Å². The summed E-state index contributed by atoms with van der Waals surface area (Å²) >= 11 is 0. The van der Waals surface area contributed by atoms with Gasteiger partial charge in [-0.2, -0.15) is 4.91 Å². The van der Waals surface area contributed by atoms with Crippen LogP contribution in [0.15, 0.2) is 5.18 Å². The van der Waals surface area contributed by atoms with Crippen LogP contribution in [0.5, 0.6) is 0 Å². The summed E-state index contributed by atoms with van der Waals surface area (Å²) < 4.78 is 0. The maximum Gasteiger partial charge on any atom is 0.122 e. The summed E-state index contributed by atoms with van der Waals surface area (Å²) in [5.41, 5.74) is 0. The molecule has 0 aromatic rings. The van der Waals surface area contributed by atoms with E-state index in [4.69, 9.17) is 5.11 Å². The lowest BCUT2D eigenvalue weighted by molar-refractivity contribution is -0.108. The van der Waals surface area contributed by atoms with E-state index in [1.54, 1.807) is 0 Å². The Kier molecular flexibility index (Phi) is 3.97. The highest BCUT2D eigenvalue weighted by molar-refractivity contribution is 5.50. The van der Waals surface area contributed by atoms with E-state index < -0.39 is 6.04 Å². The average molecular weight is 117 g/mol. The van der Waals surface area contributed by atoms with Crippen LogP contribution >= 0.6 is 0 Å². The van der Waals surface area contributed by atoms with Gasteiger partial charge in [0.2, 0.25) is 0 Å². The highest BCUT2D eigenvalue weighted by Gasteiger charge is 2.03. The third-order valence-electron chi connectivity index (χ3n) is 0.728. The van der Waals surface area contributed by atoms with Crippen molar-refractivity contribution >= 4 is 6.29 Å². The van der Waals surface area contributed by atoms with Crippen molar-refractivity contribution in [3.63, 3.8) is 0 Å². The summed E-state index contributed by atoms with van der Waals surface area (Å²) in [6, 6.07) is -0.743. The van der Waals surface area contributed by atoms with Gasteiger partial charge in [-0.15, -0.1) is 0 Å². The van der Waals surface area contributed by atoms with Crippen molar-refractivity contribution in [2.45, 2.75) is 12.5 Å². The zero-order chi connectivity index (χ0) is 6.41. The zero-order valence-corrected chi connectivity index (χ0v) is 4.28. The predicted molar refractivity (Wildman–Crippen MR) is 27.3 cm³/mol. The van der Waals surface area contributed by atoms with Gasteiger partial charge in [0.1, 0.15) is 12.3 Å². The molecule has 0 aliphatic carbocycles. The lowest BCUT2D eigenvalue weighted by Gasteiger charge is -1.94. The SMILES string of the molecule is O=CCC(CO)N=O. The minimum atomic E-state index is -0.743. The first-order valence-corrected chi connectivity index (χ1v) is 2.22. The van der Waals surface area contributed by atoms with Gasteiger partial charge in [0.25, 0.3) is 0 Å². The number of carbonyl (C=O) groups is 1. The molecule has 4 heteroatoms. The van der Waals surface area contributed by atoms with Crippen LogP contribution in [0.3, 0.4) is 0 Å². The Morgan fingerprint density at radius 1 is 1.75 bits per heavy atom. The molecule has 0 aromatic carbocycles. The number of carbonyl (C=O) groups excluding carboxylic acids is 1. The van der Waals surface area contributed by atoms with E-state index >= 15 is 0 Å². The predicted octanol–water partition coefficient (Wildman–Crippen LogP) is -0.297. The molecule has 0 radical (unpaired) electrons. The molecule has 0 aliphatic rings. The van der Waals surface area contributed by atoms with Crippen molar-refractivity contribution in [3.8, 4) is 0 Å². The maximum atomic E-state index is 9.62. The van der Waals surface area contributed by atoms with Crippen molar-refractivity contribution < 1.29 is 9.90 Å². The van der Waals surface area contributed by atoms with Crippen LogP contribution in [0.4, 0.5) is 0 Å². The lowest BCUT2D eigenvalue weighted by atomic mass is 10.3. The van der Waals surface area contributed by atoms with Crippen molar-refractivity contribution in [2.24, 2.45) is 5.18 Å². The Labute approximate surface area is 46.5 Å². The third-order valence-corrected chi connectivity index (χ3v) is 0.728. The maximum absolute atomic E-state index is 9.62. The molecule has 46 valence electrons. The molecular weight excluding hydrogens is 110 g/mol. The summed E-state index contributed by atoms with van der Waals surface area (Å²) in [5, 5.41) is 10.7. The largest absolute Gasteiger partial charge is 0.394 e. The summed E-state index contributed by atoms with van der Waals surface area (Å²) in [5.74, 6) is 0. The second kappa shape index (κ2) is 4.39. The third kappa shape index (κ3) is 2.41. The lowest BCUT2D eigenvalue weighted by Crippen LogP contribution is -2.08. The van der Waals surface area contributed by atoms with Crippen LogP contribution in [0.2, 0.25) is 0 Å². The van der Waals surface area contributed by atoms with Crippen LogP contribution in [-0.2, 0) is 4.79 Å². The van der Waals surface area contributed by atoms with Gasteiger partial charge >= 0.3 is 0 Å². The second-order valence-electron chi connectivity index (χ2n) is 1.34. The minimum absolute atomic E-state index is 0.0139. The number of rotatable bonds is 4. The van der Waals surface area contributed by atoms with Crippen molar-refractivity contribution in [3.05, 3.63) is 4.91 Å². The van der Waals surface area contributed by atoms with Gasteiger partial charge < -0.3 is 9.90 Å².